The number of phenolic OH excluding ortho intramolecular Hbond substituents is 1. The summed E-state index contributed by atoms with van der Waals surface area (Å²) in [4.78, 5) is 6.45. The molecule has 1 N–H and O–H groups in total. The van der Waals surface area contributed by atoms with Crippen molar-refractivity contribution in [1.82, 2.24) is 0 Å². The lowest BCUT2D eigenvalue weighted by Gasteiger charge is -2.12. The van der Waals surface area contributed by atoms with E-state index in [0.717, 1.165) is 11.3 Å². The minimum Gasteiger partial charge on any atom is -0.504 e. The molecule has 0 bridgehead atoms. The van der Waals surface area contributed by atoms with E-state index >= 15 is 0 Å². The summed E-state index contributed by atoms with van der Waals surface area (Å²) < 4.78 is 5.36. The minimum absolute atomic E-state index is 0.135. The lowest BCUT2D eigenvalue weighted by atomic mass is 10.2. The van der Waals surface area contributed by atoms with Gasteiger partial charge in [-0.25, -0.2) is 0 Å². The van der Waals surface area contributed by atoms with E-state index in [1.165, 1.54) is 0 Å². The van der Waals surface area contributed by atoms with E-state index in [2.05, 4.69) is 34.2 Å². The lowest BCUT2D eigenvalue weighted by molar-refractivity contribution is 0.318. The summed E-state index contributed by atoms with van der Waals surface area (Å²) in [5.41, 5.74) is 2.95. The second-order valence-electron chi connectivity index (χ2n) is 5.16. The number of aromatic hydroxyl groups is 1. The molecule has 0 unspecified atom stereocenters. The van der Waals surface area contributed by atoms with Gasteiger partial charge in [-0.1, -0.05) is 18.2 Å². The SMILES string of the molecule is CCOc1cccc(C=NCc2ccc(N(C)C)cc2)c1O. The van der Waals surface area contributed by atoms with E-state index in [1.54, 1.807) is 12.3 Å². The maximum Gasteiger partial charge on any atom is 0.166 e. The molecule has 0 aliphatic rings. The van der Waals surface area contributed by atoms with Gasteiger partial charge in [0.1, 0.15) is 0 Å². The summed E-state index contributed by atoms with van der Waals surface area (Å²) >= 11 is 0. The largest absolute Gasteiger partial charge is 0.504 e. The molecule has 0 saturated heterocycles. The Morgan fingerprint density at radius 1 is 1.14 bits per heavy atom. The van der Waals surface area contributed by atoms with E-state index in [0.29, 0.717) is 24.5 Å². The van der Waals surface area contributed by atoms with Gasteiger partial charge in [-0.2, -0.15) is 0 Å². The van der Waals surface area contributed by atoms with Crippen molar-refractivity contribution in [3.63, 3.8) is 0 Å². The van der Waals surface area contributed by atoms with E-state index in [4.69, 9.17) is 4.74 Å². The number of rotatable bonds is 6. The van der Waals surface area contributed by atoms with Crippen LogP contribution in [0.1, 0.15) is 18.1 Å². The second kappa shape index (κ2) is 7.50. The number of nitrogens with zero attached hydrogens (tertiary/aromatic N) is 2. The average molecular weight is 298 g/mol. The van der Waals surface area contributed by atoms with Crippen LogP contribution in [0.4, 0.5) is 5.69 Å². The van der Waals surface area contributed by atoms with Crippen LogP contribution in [0.15, 0.2) is 47.5 Å². The van der Waals surface area contributed by atoms with Crippen LogP contribution in [0.2, 0.25) is 0 Å². The van der Waals surface area contributed by atoms with Crippen LogP contribution < -0.4 is 9.64 Å². The van der Waals surface area contributed by atoms with Gasteiger partial charge in [-0.05, 0) is 36.8 Å². The highest BCUT2D eigenvalue weighted by Gasteiger charge is 2.05. The topological polar surface area (TPSA) is 45.1 Å². The fourth-order valence-corrected chi connectivity index (χ4v) is 2.06. The van der Waals surface area contributed by atoms with E-state index < -0.39 is 0 Å². The van der Waals surface area contributed by atoms with Crippen LogP contribution in [0, 0.1) is 0 Å². The van der Waals surface area contributed by atoms with Crippen molar-refractivity contribution >= 4 is 11.9 Å². The summed E-state index contributed by atoms with van der Waals surface area (Å²) in [6, 6.07) is 13.7. The van der Waals surface area contributed by atoms with Crippen LogP contribution >= 0.6 is 0 Å². The Bertz CT molecular complexity index is 634. The molecule has 0 aliphatic carbocycles. The molecular formula is C18H22N2O2. The highest BCUT2D eigenvalue weighted by molar-refractivity contribution is 5.84. The number of anilines is 1. The number of para-hydroxylation sites is 1. The molecule has 116 valence electrons. The first kappa shape index (κ1) is 15.9. The van der Waals surface area contributed by atoms with Gasteiger partial charge in [0.25, 0.3) is 0 Å². The Balaban J connectivity index is 2.05. The molecule has 2 aromatic carbocycles. The summed E-state index contributed by atoms with van der Waals surface area (Å²) in [5.74, 6) is 0.623. The van der Waals surface area contributed by atoms with Crippen molar-refractivity contribution < 1.29 is 9.84 Å². The Hall–Kier alpha value is -2.49. The first-order chi connectivity index (χ1) is 10.6. The number of aliphatic imine (C=N–C) groups is 1. The zero-order valence-electron chi connectivity index (χ0n) is 13.3. The average Bonchev–Trinajstić information content (AvgIpc) is 2.51. The predicted molar refractivity (Wildman–Crippen MR) is 91.3 cm³/mol. The third-order valence-corrected chi connectivity index (χ3v) is 3.29. The number of benzene rings is 2. The zero-order valence-corrected chi connectivity index (χ0v) is 13.3. The summed E-state index contributed by atoms with van der Waals surface area (Å²) in [5, 5.41) is 10.1. The Morgan fingerprint density at radius 2 is 1.86 bits per heavy atom. The molecular weight excluding hydrogens is 276 g/mol. The molecule has 4 heteroatoms. The molecule has 2 aromatic rings. The molecule has 22 heavy (non-hydrogen) atoms. The van der Waals surface area contributed by atoms with Gasteiger partial charge >= 0.3 is 0 Å². The van der Waals surface area contributed by atoms with E-state index in [9.17, 15) is 5.11 Å². The van der Waals surface area contributed by atoms with Gasteiger partial charge in [-0.15, -0.1) is 0 Å². The normalized spacial score (nSPS) is 10.9. The third-order valence-electron chi connectivity index (χ3n) is 3.29. The maximum absolute atomic E-state index is 10.1. The van der Waals surface area contributed by atoms with Gasteiger partial charge in [-0.3, -0.25) is 4.99 Å². The molecule has 0 fully saturated rings. The van der Waals surface area contributed by atoms with Crippen molar-refractivity contribution in [2.75, 3.05) is 25.6 Å². The molecule has 0 amide bonds. The quantitative estimate of drug-likeness (QED) is 0.830. The molecule has 0 atom stereocenters. The number of hydrogen-bond donors (Lipinski definition) is 1. The Morgan fingerprint density at radius 3 is 2.50 bits per heavy atom. The highest BCUT2D eigenvalue weighted by Crippen LogP contribution is 2.28. The van der Waals surface area contributed by atoms with Crippen LogP contribution in [0.3, 0.4) is 0 Å². The molecule has 4 nitrogen and oxygen atoms in total. The van der Waals surface area contributed by atoms with Crippen LogP contribution in [-0.4, -0.2) is 32.0 Å². The summed E-state index contributed by atoms with van der Waals surface area (Å²) in [7, 11) is 4.03. The van der Waals surface area contributed by atoms with Crippen molar-refractivity contribution in [3.05, 3.63) is 53.6 Å². The van der Waals surface area contributed by atoms with Crippen molar-refractivity contribution in [2.24, 2.45) is 4.99 Å². The lowest BCUT2D eigenvalue weighted by Crippen LogP contribution is -2.08. The van der Waals surface area contributed by atoms with Crippen LogP contribution in [0.25, 0.3) is 0 Å². The van der Waals surface area contributed by atoms with Gasteiger partial charge in [0.15, 0.2) is 11.5 Å². The monoisotopic (exact) mass is 298 g/mol. The number of phenols is 1. The number of hydrogen-bond acceptors (Lipinski definition) is 4. The van der Waals surface area contributed by atoms with Gasteiger partial charge in [0.2, 0.25) is 0 Å². The standard InChI is InChI=1S/C18H22N2O2/c1-4-22-17-7-5-6-15(18(17)21)13-19-12-14-8-10-16(11-9-14)20(2)3/h5-11,13,21H,4,12H2,1-3H3. The fraction of sp³-hybridized carbons (Fsp3) is 0.278. The third kappa shape index (κ3) is 4.01. The first-order valence-electron chi connectivity index (χ1n) is 7.32. The zero-order chi connectivity index (χ0) is 15.9. The smallest absolute Gasteiger partial charge is 0.166 e. The first-order valence-corrected chi connectivity index (χ1v) is 7.32. The van der Waals surface area contributed by atoms with Crippen molar-refractivity contribution in [3.8, 4) is 11.5 Å². The molecule has 0 spiro atoms. The molecule has 2 rings (SSSR count). The molecule has 0 aromatic heterocycles. The highest BCUT2D eigenvalue weighted by atomic mass is 16.5. The second-order valence-corrected chi connectivity index (χ2v) is 5.16. The molecule has 0 saturated carbocycles. The molecule has 0 radical (unpaired) electrons. The van der Waals surface area contributed by atoms with E-state index in [-0.39, 0.29) is 5.75 Å². The predicted octanol–water partition coefficient (Wildman–Crippen LogP) is 3.48. The van der Waals surface area contributed by atoms with Gasteiger partial charge < -0.3 is 14.7 Å². The van der Waals surface area contributed by atoms with E-state index in [1.807, 2.05) is 33.2 Å². The van der Waals surface area contributed by atoms with Crippen LogP contribution in [-0.2, 0) is 6.54 Å². The Kier molecular flexibility index (Phi) is 5.42. The van der Waals surface area contributed by atoms with Gasteiger partial charge in [0.05, 0.1) is 13.2 Å². The summed E-state index contributed by atoms with van der Waals surface area (Å²) in [6.07, 6.45) is 1.68. The number of ether oxygens (including phenoxy) is 1. The fourth-order valence-electron chi connectivity index (χ4n) is 2.06. The van der Waals surface area contributed by atoms with Crippen LogP contribution in [0.5, 0.6) is 11.5 Å². The van der Waals surface area contributed by atoms with Gasteiger partial charge in [0, 0.05) is 31.6 Å². The molecule has 0 aliphatic heterocycles. The minimum atomic E-state index is 0.135. The Labute approximate surface area is 131 Å². The summed E-state index contributed by atoms with van der Waals surface area (Å²) in [6.45, 7) is 2.98. The van der Waals surface area contributed by atoms with Crippen molar-refractivity contribution in [1.29, 1.82) is 0 Å². The molecule has 0 heterocycles. The van der Waals surface area contributed by atoms with Crippen molar-refractivity contribution in [2.45, 2.75) is 13.5 Å². The maximum atomic E-state index is 10.1.